The van der Waals surface area contributed by atoms with E-state index in [-0.39, 0.29) is 0 Å². The van der Waals surface area contributed by atoms with Crippen LogP contribution in [0.5, 0.6) is 0 Å². The smallest absolute Gasteiger partial charge is 0.164 e. The molecule has 3 aromatic rings. The van der Waals surface area contributed by atoms with E-state index in [0.29, 0.717) is 22.4 Å². The third-order valence-corrected chi connectivity index (χ3v) is 3.70. The van der Waals surface area contributed by atoms with Crippen LogP contribution in [0.3, 0.4) is 0 Å². The molecule has 0 saturated carbocycles. The number of aryl methyl sites for hydroxylation is 1. The van der Waals surface area contributed by atoms with Gasteiger partial charge in [0, 0.05) is 28.4 Å². The molecule has 0 aliphatic carbocycles. The molecule has 0 aliphatic rings. The standard InChI is InChI=1S/C14H12Cl2N4/c1-8-4-13(16)20-14(19-8)11(7-18-20)10-3-2-9(6-17)5-12(10)15/h2-5,7H,6,17H2,1H3. The van der Waals surface area contributed by atoms with Gasteiger partial charge in [0.05, 0.1) is 6.20 Å². The second kappa shape index (κ2) is 5.05. The summed E-state index contributed by atoms with van der Waals surface area (Å²) in [5.74, 6) is 0. The van der Waals surface area contributed by atoms with E-state index in [2.05, 4.69) is 10.1 Å². The van der Waals surface area contributed by atoms with E-state index >= 15 is 0 Å². The molecule has 0 aliphatic heterocycles. The Morgan fingerprint density at radius 1 is 1.20 bits per heavy atom. The van der Waals surface area contributed by atoms with Crippen LogP contribution in [-0.2, 0) is 6.54 Å². The average molecular weight is 307 g/mol. The van der Waals surface area contributed by atoms with Crippen LogP contribution in [0.15, 0.2) is 30.5 Å². The van der Waals surface area contributed by atoms with E-state index in [0.717, 1.165) is 22.4 Å². The van der Waals surface area contributed by atoms with Gasteiger partial charge in [-0.1, -0.05) is 35.3 Å². The lowest BCUT2D eigenvalue weighted by atomic mass is 10.1. The van der Waals surface area contributed by atoms with Gasteiger partial charge in [0.15, 0.2) is 5.65 Å². The van der Waals surface area contributed by atoms with Crippen LogP contribution in [0.4, 0.5) is 0 Å². The summed E-state index contributed by atoms with van der Waals surface area (Å²) in [6.45, 7) is 2.35. The molecule has 4 nitrogen and oxygen atoms in total. The maximum Gasteiger partial charge on any atom is 0.164 e. The van der Waals surface area contributed by atoms with E-state index < -0.39 is 0 Å². The highest BCUT2D eigenvalue weighted by molar-refractivity contribution is 6.33. The van der Waals surface area contributed by atoms with Gasteiger partial charge in [-0.3, -0.25) is 0 Å². The van der Waals surface area contributed by atoms with Gasteiger partial charge in [-0.05, 0) is 24.6 Å². The lowest BCUT2D eigenvalue weighted by Gasteiger charge is -2.05. The number of halogens is 2. The highest BCUT2D eigenvalue weighted by atomic mass is 35.5. The summed E-state index contributed by atoms with van der Waals surface area (Å²) in [4.78, 5) is 4.49. The SMILES string of the molecule is Cc1cc(Cl)n2ncc(-c3ccc(CN)cc3Cl)c2n1. The first-order valence-corrected chi connectivity index (χ1v) is 6.85. The minimum Gasteiger partial charge on any atom is -0.326 e. The van der Waals surface area contributed by atoms with Crippen LogP contribution in [0.2, 0.25) is 10.2 Å². The molecule has 0 unspecified atom stereocenters. The zero-order valence-electron chi connectivity index (χ0n) is 10.8. The lowest BCUT2D eigenvalue weighted by molar-refractivity contribution is 0.930. The van der Waals surface area contributed by atoms with E-state index in [1.807, 2.05) is 25.1 Å². The summed E-state index contributed by atoms with van der Waals surface area (Å²) in [6, 6.07) is 7.50. The summed E-state index contributed by atoms with van der Waals surface area (Å²) in [7, 11) is 0. The molecule has 0 atom stereocenters. The van der Waals surface area contributed by atoms with Gasteiger partial charge >= 0.3 is 0 Å². The largest absolute Gasteiger partial charge is 0.326 e. The predicted octanol–water partition coefficient (Wildman–Crippen LogP) is 3.47. The van der Waals surface area contributed by atoms with Crippen molar-refractivity contribution in [2.45, 2.75) is 13.5 Å². The Morgan fingerprint density at radius 3 is 2.70 bits per heavy atom. The number of hydrogen-bond donors (Lipinski definition) is 1. The maximum absolute atomic E-state index is 6.33. The highest BCUT2D eigenvalue weighted by Crippen LogP contribution is 2.32. The molecule has 1 aromatic carbocycles. The van der Waals surface area contributed by atoms with Crippen molar-refractivity contribution in [2.24, 2.45) is 5.73 Å². The van der Waals surface area contributed by atoms with Crippen LogP contribution >= 0.6 is 23.2 Å². The van der Waals surface area contributed by atoms with Crippen molar-refractivity contribution < 1.29 is 0 Å². The Morgan fingerprint density at radius 2 is 2.00 bits per heavy atom. The van der Waals surface area contributed by atoms with Crippen molar-refractivity contribution in [2.75, 3.05) is 0 Å². The van der Waals surface area contributed by atoms with Gasteiger partial charge in [0.2, 0.25) is 0 Å². The fraction of sp³-hybridized carbons (Fsp3) is 0.143. The Labute approximate surface area is 126 Å². The third kappa shape index (κ3) is 2.16. The molecule has 0 radical (unpaired) electrons. The fourth-order valence-electron chi connectivity index (χ4n) is 2.13. The van der Waals surface area contributed by atoms with Gasteiger partial charge in [-0.2, -0.15) is 5.10 Å². The van der Waals surface area contributed by atoms with E-state index in [4.69, 9.17) is 28.9 Å². The summed E-state index contributed by atoms with van der Waals surface area (Å²) in [5, 5.41) is 5.41. The normalized spacial score (nSPS) is 11.2. The van der Waals surface area contributed by atoms with Crippen LogP contribution in [0.1, 0.15) is 11.3 Å². The van der Waals surface area contributed by atoms with Gasteiger partial charge in [0.1, 0.15) is 5.15 Å². The van der Waals surface area contributed by atoms with Gasteiger partial charge < -0.3 is 5.73 Å². The van der Waals surface area contributed by atoms with Crippen molar-refractivity contribution in [1.82, 2.24) is 14.6 Å². The van der Waals surface area contributed by atoms with Gasteiger partial charge in [-0.15, -0.1) is 0 Å². The summed E-state index contributed by atoms with van der Waals surface area (Å²) in [5.41, 5.74) is 9.84. The Kier molecular flexibility index (Phi) is 3.38. The molecular formula is C14H12Cl2N4. The zero-order chi connectivity index (χ0) is 14.3. The molecule has 2 aromatic heterocycles. The van der Waals surface area contributed by atoms with Crippen molar-refractivity contribution in [3.8, 4) is 11.1 Å². The first-order valence-electron chi connectivity index (χ1n) is 6.10. The Balaban J connectivity index is 2.25. The molecule has 0 saturated heterocycles. The number of aromatic nitrogens is 3. The number of fused-ring (bicyclic) bond motifs is 1. The monoisotopic (exact) mass is 306 g/mol. The average Bonchev–Trinajstić information content (AvgIpc) is 2.82. The number of nitrogens with two attached hydrogens (primary N) is 1. The quantitative estimate of drug-likeness (QED) is 0.738. The van der Waals surface area contributed by atoms with E-state index in [1.165, 1.54) is 0 Å². The molecule has 0 fully saturated rings. The van der Waals surface area contributed by atoms with Crippen LogP contribution in [0, 0.1) is 6.92 Å². The number of nitrogens with zero attached hydrogens (tertiary/aromatic N) is 3. The molecule has 0 bridgehead atoms. The van der Waals surface area contributed by atoms with Crippen molar-refractivity contribution in [3.05, 3.63) is 51.9 Å². The molecule has 2 heterocycles. The Hall–Kier alpha value is -1.62. The highest BCUT2D eigenvalue weighted by Gasteiger charge is 2.13. The molecule has 0 spiro atoms. The minimum absolute atomic E-state index is 0.456. The first-order chi connectivity index (χ1) is 9.60. The van der Waals surface area contributed by atoms with Gasteiger partial charge in [-0.25, -0.2) is 9.50 Å². The topological polar surface area (TPSA) is 56.2 Å². The van der Waals surface area contributed by atoms with Crippen LogP contribution < -0.4 is 5.73 Å². The summed E-state index contributed by atoms with van der Waals surface area (Å²) >= 11 is 12.5. The molecule has 0 amide bonds. The fourth-order valence-corrected chi connectivity index (χ4v) is 2.72. The maximum atomic E-state index is 6.33. The summed E-state index contributed by atoms with van der Waals surface area (Å²) in [6.07, 6.45) is 1.72. The van der Waals surface area contributed by atoms with Gasteiger partial charge in [0.25, 0.3) is 0 Å². The third-order valence-electron chi connectivity index (χ3n) is 3.12. The number of benzene rings is 1. The lowest BCUT2D eigenvalue weighted by Crippen LogP contribution is -1.96. The Bertz CT molecular complexity index is 795. The second-order valence-electron chi connectivity index (χ2n) is 4.53. The van der Waals surface area contributed by atoms with Crippen molar-refractivity contribution >= 4 is 28.8 Å². The predicted molar refractivity (Wildman–Crippen MR) is 81.1 cm³/mol. The van der Waals surface area contributed by atoms with Crippen molar-refractivity contribution in [1.29, 1.82) is 0 Å². The first kappa shape index (κ1) is 13.4. The van der Waals surface area contributed by atoms with Crippen molar-refractivity contribution in [3.63, 3.8) is 0 Å². The molecule has 6 heteroatoms. The molecule has 20 heavy (non-hydrogen) atoms. The zero-order valence-corrected chi connectivity index (χ0v) is 12.3. The molecular weight excluding hydrogens is 295 g/mol. The molecule has 3 rings (SSSR count). The molecule has 102 valence electrons. The number of rotatable bonds is 2. The molecule has 2 N–H and O–H groups in total. The van der Waals surface area contributed by atoms with Crippen LogP contribution in [-0.4, -0.2) is 14.6 Å². The van der Waals surface area contributed by atoms with Crippen LogP contribution in [0.25, 0.3) is 16.8 Å². The van der Waals surface area contributed by atoms with E-state index in [1.54, 1.807) is 16.8 Å². The van der Waals surface area contributed by atoms with E-state index in [9.17, 15) is 0 Å². The second-order valence-corrected chi connectivity index (χ2v) is 5.33. The minimum atomic E-state index is 0.456. The number of hydrogen-bond acceptors (Lipinski definition) is 3. The summed E-state index contributed by atoms with van der Waals surface area (Å²) < 4.78 is 1.59.